The minimum atomic E-state index is 0.549. The Morgan fingerprint density at radius 1 is 1.20 bits per heavy atom. The van der Waals surface area contributed by atoms with Crippen molar-refractivity contribution in [3.05, 3.63) is 22.6 Å². The molecule has 2 aromatic heterocycles. The molecule has 0 spiro atoms. The predicted molar refractivity (Wildman–Crippen MR) is 98.8 cm³/mol. The monoisotopic (exact) mass is 408 g/mol. The van der Waals surface area contributed by atoms with Gasteiger partial charge in [-0.3, -0.25) is 0 Å². The molecule has 1 fully saturated rings. The molecule has 3 heterocycles. The molecule has 3 rings (SSSR count). The molecule has 0 radical (unpaired) electrons. The zero-order chi connectivity index (χ0) is 17.8. The average Bonchev–Trinajstić information content (AvgIpc) is 2.64. The number of halogens is 1. The maximum Gasteiger partial charge on any atom is 0.235 e. The van der Waals surface area contributed by atoms with E-state index in [1.54, 1.807) is 7.11 Å². The fourth-order valence-corrected chi connectivity index (χ4v) is 3.15. The molecule has 0 bridgehead atoms. The van der Waals surface area contributed by atoms with E-state index < -0.39 is 0 Å². The number of pyridine rings is 1. The summed E-state index contributed by atoms with van der Waals surface area (Å²) in [4.78, 5) is 22.2. The molecule has 0 N–H and O–H groups in total. The summed E-state index contributed by atoms with van der Waals surface area (Å²) in [5, 5.41) is 0. The second kappa shape index (κ2) is 7.92. The molecule has 0 unspecified atom stereocenters. The van der Waals surface area contributed by atoms with Crippen molar-refractivity contribution < 1.29 is 9.47 Å². The Bertz CT molecular complexity index is 739. The number of aromatic nitrogens is 4. The maximum atomic E-state index is 5.41. The molecule has 1 aliphatic heterocycles. The van der Waals surface area contributed by atoms with E-state index in [1.165, 1.54) is 0 Å². The van der Waals surface area contributed by atoms with E-state index in [0.717, 1.165) is 18.8 Å². The van der Waals surface area contributed by atoms with Crippen LogP contribution >= 0.6 is 15.9 Å². The van der Waals surface area contributed by atoms with Crippen molar-refractivity contribution in [3.63, 3.8) is 0 Å². The van der Waals surface area contributed by atoms with E-state index in [1.807, 2.05) is 30.9 Å². The Morgan fingerprint density at radius 3 is 2.60 bits per heavy atom. The third kappa shape index (κ3) is 3.98. The van der Waals surface area contributed by atoms with Crippen LogP contribution in [0, 0.1) is 6.92 Å². The summed E-state index contributed by atoms with van der Waals surface area (Å²) in [6.07, 6.45) is 0. The van der Waals surface area contributed by atoms with Crippen LogP contribution in [0.15, 0.2) is 16.7 Å². The summed E-state index contributed by atoms with van der Waals surface area (Å²) in [7, 11) is 1.59. The molecule has 8 nitrogen and oxygen atoms in total. The number of anilines is 3. The first-order valence-corrected chi connectivity index (χ1v) is 8.95. The number of hydrogen-bond donors (Lipinski definition) is 0. The molecule has 2 aromatic rings. The van der Waals surface area contributed by atoms with E-state index in [-0.39, 0.29) is 0 Å². The zero-order valence-corrected chi connectivity index (χ0v) is 16.2. The minimum Gasteiger partial charge on any atom is -0.481 e. The van der Waals surface area contributed by atoms with Gasteiger partial charge in [0.1, 0.15) is 10.4 Å². The standard InChI is InChI=1S/C16H21BrN6O2/c1-4-23(12-5-6-13(24-3)20-14(12)17)16-19-11(2)18-15(21-16)22-7-9-25-10-8-22/h5-6H,4,7-10H2,1-3H3. The number of rotatable bonds is 5. The van der Waals surface area contributed by atoms with Crippen molar-refractivity contribution in [2.75, 3.05) is 49.8 Å². The summed E-state index contributed by atoms with van der Waals surface area (Å²) >= 11 is 3.51. The van der Waals surface area contributed by atoms with Gasteiger partial charge in [-0.05, 0) is 35.8 Å². The van der Waals surface area contributed by atoms with E-state index in [4.69, 9.17) is 9.47 Å². The van der Waals surface area contributed by atoms with E-state index in [9.17, 15) is 0 Å². The largest absolute Gasteiger partial charge is 0.481 e. The first kappa shape index (κ1) is 17.8. The second-order valence-corrected chi connectivity index (χ2v) is 6.24. The number of ether oxygens (including phenoxy) is 2. The van der Waals surface area contributed by atoms with Gasteiger partial charge < -0.3 is 19.3 Å². The van der Waals surface area contributed by atoms with Crippen LogP contribution in [0.4, 0.5) is 17.6 Å². The van der Waals surface area contributed by atoms with Crippen LogP contribution in [-0.4, -0.2) is 59.9 Å². The molecule has 0 atom stereocenters. The Kier molecular flexibility index (Phi) is 5.64. The molecule has 25 heavy (non-hydrogen) atoms. The average molecular weight is 409 g/mol. The summed E-state index contributed by atoms with van der Waals surface area (Å²) in [5.74, 6) is 2.51. The van der Waals surface area contributed by atoms with Crippen LogP contribution in [0.1, 0.15) is 12.7 Å². The van der Waals surface area contributed by atoms with Gasteiger partial charge in [-0.15, -0.1) is 0 Å². The Labute approximate surface area is 155 Å². The van der Waals surface area contributed by atoms with Crippen molar-refractivity contribution in [1.82, 2.24) is 19.9 Å². The second-order valence-electron chi connectivity index (χ2n) is 5.49. The Morgan fingerprint density at radius 2 is 1.96 bits per heavy atom. The molecule has 1 aliphatic rings. The SMILES string of the molecule is CCN(c1nc(C)nc(N2CCOCC2)n1)c1ccc(OC)nc1Br. The van der Waals surface area contributed by atoms with Crippen LogP contribution in [-0.2, 0) is 4.74 Å². The number of nitrogens with zero attached hydrogens (tertiary/aromatic N) is 6. The highest BCUT2D eigenvalue weighted by atomic mass is 79.9. The van der Waals surface area contributed by atoms with Crippen molar-refractivity contribution in [2.45, 2.75) is 13.8 Å². The lowest BCUT2D eigenvalue weighted by Gasteiger charge is -2.28. The third-order valence-electron chi connectivity index (χ3n) is 3.88. The lowest BCUT2D eigenvalue weighted by molar-refractivity contribution is 0.122. The van der Waals surface area contributed by atoms with Crippen LogP contribution in [0.3, 0.4) is 0 Å². The highest BCUT2D eigenvalue weighted by molar-refractivity contribution is 9.10. The number of methoxy groups -OCH3 is 1. The van der Waals surface area contributed by atoms with E-state index in [2.05, 4.69) is 40.8 Å². The molecule has 134 valence electrons. The smallest absolute Gasteiger partial charge is 0.235 e. The van der Waals surface area contributed by atoms with Gasteiger partial charge in [-0.1, -0.05) is 0 Å². The normalized spacial score (nSPS) is 14.5. The van der Waals surface area contributed by atoms with Gasteiger partial charge in [-0.25, -0.2) is 4.98 Å². The topological polar surface area (TPSA) is 76.5 Å². The lowest BCUT2D eigenvalue weighted by Crippen LogP contribution is -2.38. The summed E-state index contributed by atoms with van der Waals surface area (Å²) in [6, 6.07) is 3.76. The number of aryl methyl sites for hydroxylation is 1. The Balaban J connectivity index is 1.96. The first-order valence-electron chi connectivity index (χ1n) is 8.15. The van der Waals surface area contributed by atoms with Gasteiger partial charge in [-0.2, -0.15) is 15.0 Å². The predicted octanol–water partition coefficient (Wildman–Crippen LogP) is 2.34. The molecule has 1 saturated heterocycles. The molecule has 0 aliphatic carbocycles. The van der Waals surface area contributed by atoms with Gasteiger partial charge in [0, 0.05) is 25.7 Å². The van der Waals surface area contributed by atoms with Gasteiger partial charge in [0.15, 0.2) is 0 Å². The van der Waals surface area contributed by atoms with Gasteiger partial charge in [0.05, 0.1) is 26.0 Å². The fraction of sp³-hybridized carbons (Fsp3) is 0.500. The molecule has 0 saturated carbocycles. The number of hydrogen-bond acceptors (Lipinski definition) is 8. The zero-order valence-electron chi connectivity index (χ0n) is 14.6. The molecule has 0 aromatic carbocycles. The highest BCUT2D eigenvalue weighted by Crippen LogP contribution is 2.31. The number of morpholine rings is 1. The third-order valence-corrected chi connectivity index (χ3v) is 4.46. The molecular weight excluding hydrogens is 388 g/mol. The van der Waals surface area contributed by atoms with Crippen LogP contribution in [0.25, 0.3) is 0 Å². The van der Waals surface area contributed by atoms with Crippen molar-refractivity contribution in [1.29, 1.82) is 0 Å². The molecule has 0 amide bonds. The maximum absolute atomic E-state index is 5.41. The van der Waals surface area contributed by atoms with Crippen molar-refractivity contribution in [3.8, 4) is 5.88 Å². The van der Waals surface area contributed by atoms with E-state index >= 15 is 0 Å². The lowest BCUT2D eigenvalue weighted by atomic mass is 10.3. The van der Waals surface area contributed by atoms with Crippen molar-refractivity contribution >= 4 is 33.5 Å². The first-order chi connectivity index (χ1) is 12.1. The summed E-state index contributed by atoms with van der Waals surface area (Å²) < 4.78 is 11.3. The van der Waals surface area contributed by atoms with Gasteiger partial charge in [0.2, 0.25) is 17.8 Å². The van der Waals surface area contributed by atoms with Crippen LogP contribution < -0.4 is 14.5 Å². The van der Waals surface area contributed by atoms with Crippen LogP contribution in [0.5, 0.6) is 5.88 Å². The summed E-state index contributed by atoms with van der Waals surface area (Å²) in [5.41, 5.74) is 0.877. The van der Waals surface area contributed by atoms with E-state index in [0.29, 0.717) is 48.0 Å². The van der Waals surface area contributed by atoms with Gasteiger partial charge in [0.25, 0.3) is 0 Å². The Hall–Kier alpha value is -2.00. The van der Waals surface area contributed by atoms with Crippen molar-refractivity contribution in [2.24, 2.45) is 0 Å². The molecular formula is C16H21BrN6O2. The van der Waals surface area contributed by atoms with Gasteiger partial charge >= 0.3 is 0 Å². The van der Waals surface area contributed by atoms with Crippen LogP contribution in [0.2, 0.25) is 0 Å². The summed E-state index contributed by atoms with van der Waals surface area (Å²) in [6.45, 7) is 7.55. The highest BCUT2D eigenvalue weighted by Gasteiger charge is 2.20. The molecule has 9 heteroatoms. The quantitative estimate of drug-likeness (QED) is 0.697. The minimum absolute atomic E-state index is 0.549. The fourth-order valence-electron chi connectivity index (χ4n) is 2.62.